The van der Waals surface area contributed by atoms with E-state index in [9.17, 15) is 15.0 Å². The number of aliphatic hydroxyl groups is 1. The number of aromatic hydroxyl groups is 1. The van der Waals surface area contributed by atoms with Gasteiger partial charge in [-0.25, -0.2) is 4.79 Å². The van der Waals surface area contributed by atoms with Crippen molar-refractivity contribution in [2.75, 3.05) is 13.2 Å². The van der Waals surface area contributed by atoms with Gasteiger partial charge in [0.25, 0.3) is 0 Å². The van der Waals surface area contributed by atoms with Crippen LogP contribution < -0.4 is 15.2 Å². The number of cyclic esters (lactones) is 1. The molecule has 0 saturated heterocycles. The molecule has 0 saturated carbocycles. The molecule has 1 aromatic rings. The van der Waals surface area contributed by atoms with Crippen LogP contribution in [0.4, 0.5) is 0 Å². The van der Waals surface area contributed by atoms with Crippen LogP contribution in [-0.2, 0) is 16.0 Å². The van der Waals surface area contributed by atoms with Crippen molar-refractivity contribution in [2.45, 2.75) is 12.8 Å². The minimum Gasteiger partial charge on any atom is -0.512 e. The van der Waals surface area contributed by atoms with E-state index in [2.05, 4.69) is 0 Å². The molecule has 1 aromatic carbocycles. The summed E-state index contributed by atoms with van der Waals surface area (Å²) >= 11 is 0. The fraction of sp³-hybridized carbons (Fsp3) is 0.235. The van der Waals surface area contributed by atoms with E-state index in [1.807, 2.05) is 6.08 Å². The van der Waals surface area contributed by atoms with Crippen LogP contribution in [0, 0.1) is 0 Å². The molecule has 2 N–H and O–H groups in total. The van der Waals surface area contributed by atoms with Crippen LogP contribution in [0.3, 0.4) is 0 Å². The average Bonchev–Trinajstić information content (AvgIpc) is 2.63. The molecule has 112 valence electrons. The number of benzene rings is 1. The molecule has 3 aliphatic rings. The number of carbonyl (C=O) groups is 1. The van der Waals surface area contributed by atoms with Crippen molar-refractivity contribution in [3.05, 3.63) is 45.6 Å². The molecule has 22 heavy (non-hydrogen) atoms. The predicted octanol–water partition coefficient (Wildman–Crippen LogP) is 0.587. The first-order valence-corrected chi connectivity index (χ1v) is 7.13. The third kappa shape index (κ3) is 1.89. The zero-order valence-corrected chi connectivity index (χ0v) is 11.8. The van der Waals surface area contributed by atoms with Crippen LogP contribution in [0.1, 0.15) is 12.0 Å². The maximum atomic E-state index is 11.5. The van der Waals surface area contributed by atoms with Crippen molar-refractivity contribution in [1.82, 2.24) is 0 Å². The van der Waals surface area contributed by atoms with Gasteiger partial charge in [-0.3, -0.25) is 0 Å². The van der Waals surface area contributed by atoms with Crippen LogP contribution in [-0.4, -0.2) is 29.4 Å². The summed E-state index contributed by atoms with van der Waals surface area (Å²) in [7, 11) is 0. The number of ether oxygens (including phenoxy) is 2. The van der Waals surface area contributed by atoms with Gasteiger partial charge in [0.2, 0.25) is 0 Å². The molecule has 5 heteroatoms. The number of carbonyl (C=O) groups excluding carboxylic acids is 1. The van der Waals surface area contributed by atoms with Crippen LogP contribution in [0.2, 0.25) is 0 Å². The van der Waals surface area contributed by atoms with E-state index in [0.29, 0.717) is 28.7 Å². The van der Waals surface area contributed by atoms with E-state index in [-0.39, 0.29) is 24.5 Å². The van der Waals surface area contributed by atoms with E-state index in [1.54, 1.807) is 12.1 Å². The lowest BCUT2D eigenvalue weighted by molar-refractivity contribution is -0.136. The first-order chi connectivity index (χ1) is 10.6. The highest BCUT2D eigenvalue weighted by atomic mass is 16.5. The number of hydrogen-bond donors (Lipinski definition) is 2. The van der Waals surface area contributed by atoms with E-state index in [4.69, 9.17) is 9.47 Å². The van der Waals surface area contributed by atoms with Crippen molar-refractivity contribution in [1.29, 1.82) is 0 Å². The number of aliphatic hydroxyl groups excluding tert-OH is 1. The summed E-state index contributed by atoms with van der Waals surface area (Å²) in [5.74, 6) is 0.467. The second-order valence-corrected chi connectivity index (χ2v) is 5.51. The third-order valence-electron chi connectivity index (χ3n) is 4.08. The Balaban J connectivity index is 2.14. The number of phenols is 1. The molecule has 0 aromatic heterocycles. The van der Waals surface area contributed by atoms with E-state index >= 15 is 0 Å². The Morgan fingerprint density at radius 3 is 2.86 bits per heavy atom. The number of allylic oxidation sites excluding steroid dienone is 2. The first-order valence-electron chi connectivity index (χ1n) is 7.13. The molecule has 0 amide bonds. The highest BCUT2D eigenvalue weighted by molar-refractivity contribution is 5.92. The minimum absolute atomic E-state index is 0.0670. The molecular formula is C17H14O5. The quantitative estimate of drug-likeness (QED) is 0.686. The standard InChI is InChI=1S/C17H14O5/c18-11-4-10-6-15(20)22-8-13(10)16-12(7-11)17-9(5-14(16)19)2-1-3-21-17/h2,4-6,18-19H,1,3,7-8H2. The van der Waals surface area contributed by atoms with E-state index in [0.717, 1.165) is 17.2 Å². The number of fused-ring (bicyclic) bond motifs is 4. The third-order valence-corrected chi connectivity index (χ3v) is 4.08. The van der Waals surface area contributed by atoms with Gasteiger partial charge in [0.05, 0.1) is 12.4 Å². The van der Waals surface area contributed by atoms with Gasteiger partial charge in [-0.2, -0.15) is 0 Å². The molecule has 2 aliphatic heterocycles. The number of phenolic OH excluding ortho intramolecular Hbond substituents is 1. The molecule has 2 heterocycles. The number of esters is 1. The van der Waals surface area contributed by atoms with Gasteiger partial charge in [-0.1, -0.05) is 6.08 Å². The lowest BCUT2D eigenvalue weighted by atomic mass is 9.97. The molecule has 0 spiro atoms. The largest absolute Gasteiger partial charge is 0.512 e. The molecule has 0 radical (unpaired) electrons. The highest BCUT2D eigenvalue weighted by Gasteiger charge is 2.25. The predicted molar refractivity (Wildman–Crippen MR) is 78.8 cm³/mol. The second kappa shape index (κ2) is 4.66. The van der Waals surface area contributed by atoms with Gasteiger partial charge in [-0.05, 0) is 17.7 Å². The van der Waals surface area contributed by atoms with Crippen LogP contribution in [0.15, 0.2) is 29.6 Å². The van der Waals surface area contributed by atoms with E-state index in [1.165, 1.54) is 6.08 Å². The first kappa shape index (κ1) is 13.0. The Morgan fingerprint density at radius 2 is 2.00 bits per heavy atom. The Morgan fingerprint density at radius 1 is 1.14 bits per heavy atom. The topological polar surface area (TPSA) is 76.0 Å². The van der Waals surface area contributed by atoms with Gasteiger partial charge in [-0.15, -0.1) is 0 Å². The molecule has 5 nitrogen and oxygen atoms in total. The molecule has 0 unspecified atom stereocenters. The number of rotatable bonds is 0. The summed E-state index contributed by atoms with van der Waals surface area (Å²) < 4.78 is 10.8. The molecule has 0 atom stereocenters. The van der Waals surface area contributed by atoms with Gasteiger partial charge >= 0.3 is 5.97 Å². The minimum atomic E-state index is -0.451. The molecular weight excluding hydrogens is 284 g/mol. The van der Waals surface area contributed by atoms with Gasteiger partial charge in [0, 0.05) is 40.5 Å². The van der Waals surface area contributed by atoms with Crippen molar-refractivity contribution in [3.63, 3.8) is 0 Å². The van der Waals surface area contributed by atoms with Crippen LogP contribution in [0.25, 0.3) is 11.6 Å². The summed E-state index contributed by atoms with van der Waals surface area (Å²) in [4.78, 5) is 11.5. The van der Waals surface area contributed by atoms with Gasteiger partial charge < -0.3 is 19.7 Å². The lowest BCUT2D eigenvalue weighted by Crippen LogP contribution is -2.27. The summed E-state index contributed by atoms with van der Waals surface area (Å²) in [6.07, 6.45) is 5.91. The summed E-state index contributed by atoms with van der Waals surface area (Å²) in [6.45, 7) is 0.638. The Bertz CT molecular complexity index is 873. The van der Waals surface area contributed by atoms with Gasteiger partial charge in [0.1, 0.15) is 18.1 Å². The summed E-state index contributed by atoms with van der Waals surface area (Å²) in [5, 5.41) is 22.0. The van der Waals surface area contributed by atoms with Crippen LogP contribution >= 0.6 is 0 Å². The summed E-state index contributed by atoms with van der Waals surface area (Å²) in [6, 6.07) is 1.66. The van der Waals surface area contributed by atoms with Crippen molar-refractivity contribution in [3.8, 4) is 11.5 Å². The number of hydrogen-bond acceptors (Lipinski definition) is 5. The Kier molecular flexibility index (Phi) is 2.76. The zero-order valence-electron chi connectivity index (χ0n) is 11.8. The summed E-state index contributed by atoms with van der Waals surface area (Å²) in [5.41, 5.74) is 1.99. The van der Waals surface area contributed by atoms with E-state index < -0.39 is 5.97 Å². The molecule has 0 bridgehead atoms. The van der Waals surface area contributed by atoms with Crippen molar-refractivity contribution in [2.24, 2.45) is 0 Å². The fourth-order valence-electron chi connectivity index (χ4n) is 3.17. The lowest BCUT2D eigenvalue weighted by Gasteiger charge is -2.19. The monoisotopic (exact) mass is 298 g/mol. The Labute approximate surface area is 126 Å². The zero-order chi connectivity index (χ0) is 15.3. The Hall–Kier alpha value is -2.69. The average molecular weight is 298 g/mol. The van der Waals surface area contributed by atoms with Gasteiger partial charge in [0.15, 0.2) is 0 Å². The highest BCUT2D eigenvalue weighted by Crippen LogP contribution is 2.28. The van der Waals surface area contributed by atoms with Crippen molar-refractivity contribution >= 4 is 17.6 Å². The SMILES string of the molecule is O=C1C=C2C=C(O)Cc3c4c(cc(O)c3=C2CO1)=CCCO4. The second-order valence-electron chi connectivity index (χ2n) is 5.51. The smallest absolute Gasteiger partial charge is 0.331 e. The molecule has 4 rings (SSSR count). The fourth-order valence-corrected chi connectivity index (χ4v) is 3.17. The van der Waals surface area contributed by atoms with Crippen LogP contribution in [0.5, 0.6) is 11.5 Å². The maximum Gasteiger partial charge on any atom is 0.331 e. The molecule has 1 aliphatic carbocycles. The van der Waals surface area contributed by atoms with Crippen molar-refractivity contribution < 1.29 is 24.5 Å². The molecule has 0 fully saturated rings. The maximum absolute atomic E-state index is 11.5. The normalized spacial score (nSPS) is 19.3.